The van der Waals surface area contributed by atoms with Gasteiger partial charge in [0.05, 0.1) is 11.5 Å². The maximum Gasteiger partial charge on any atom is 0.405 e. The zero-order valence-electron chi connectivity index (χ0n) is 10.7. The lowest BCUT2D eigenvalue weighted by atomic mass is 9.80. The summed E-state index contributed by atoms with van der Waals surface area (Å²) in [6.45, 7) is 1.87. The molecule has 1 rings (SSSR count). The van der Waals surface area contributed by atoms with E-state index in [1.807, 2.05) is 17.1 Å². The summed E-state index contributed by atoms with van der Waals surface area (Å²) in [5, 5.41) is 1.86. The van der Waals surface area contributed by atoms with Crippen LogP contribution >= 0.6 is 12.2 Å². The van der Waals surface area contributed by atoms with Crippen LogP contribution in [0, 0.1) is 5.41 Å². The molecule has 1 aliphatic heterocycles. The highest BCUT2D eigenvalue weighted by atomic mass is 32.1. The fourth-order valence-corrected chi connectivity index (χ4v) is 2.11. The monoisotopic (exact) mass is 297 g/mol. The third kappa shape index (κ3) is 5.32. The zero-order valence-corrected chi connectivity index (χ0v) is 11.5. The molecular formula is C11H18F3N3OS. The lowest BCUT2D eigenvalue weighted by molar-refractivity contribution is -0.139. The quantitative estimate of drug-likeness (QED) is 0.762. The van der Waals surface area contributed by atoms with Crippen molar-refractivity contribution < 1.29 is 18.0 Å². The number of carbonyl (C=O) groups is 1. The normalized spacial score (nSPS) is 20.0. The van der Waals surface area contributed by atoms with Crippen molar-refractivity contribution in [3.8, 4) is 0 Å². The van der Waals surface area contributed by atoms with Crippen LogP contribution < -0.4 is 11.1 Å². The third-order valence-corrected chi connectivity index (χ3v) is 3.90. The summed E-state index contributed by atoms with van der Waals surface area (Å²) in [5.74, 6) is -0.615. The molecule has 1 aliphatic rings. The standard InChI is InChI=1S/C11H18F3N3OS/c1-10(9(15)19)2-4-17(5-3-10)6-8(18)16-7-11(12,13)14/h2-7H2,1H3,(H2,15,19)(H,16,18). The van der Waals surface area contributed by atoms with Crippen LogP contribution in [0.3, 0.4) is 0 Å². The molecule has 0 unspecified atom stereocenters. The Morgan fingerprint density at radius 1 is 1.42 bits per heavy atom. The van der Waals surface area contributed by atoms with Crippen LogP contribution in [-0.2, 0) is 4.79 Å². The first kappa shape index (κ1) is 16.2. The summed E-state index contributed by atoms with van der Waals surface area (Å²) in [6.07, 6.45) is -2.94. The van der Waals surface area contributed by atoms with Crippen LogP contribution in [-0.4, -0.2) is 48.2 Å². The summed E-state index contributed by atoms with van der Waals surface area (Å²) < 4.78 is 35.8. The predicted octanol–water partition coefficient (Wildman–Crippen LogP) is 1.05. The molecule has 0 aromatic carbocycles. The number of amides is 1. The average Bonchev–Trinajstić information content (AvgIpc) is 2.29. The van der Waals surface area contributed by atoms with Gasteiger partial charge in [-0.15, -0.1) is 0 Å². The highest BCUT2D eigenvalue weighted by Gasteiger charge is 2.33. The minimum Gasteiger partial charge on any atom is -0.393 e. The van der Waals surface area contributed by atoms with Gasteiger partial charge in [-0.2, -0.15) is 13.2 Å². The minimum absolute atomic E-state index is 0.0243. The number of nitrogens with zero attached hydrogens (tertiary/aromatic N) is 1. The molecule has 1 amide bonds. The molecule has 0 aromatic rings. The number of carbonyl (C=O) groups excluding carboxylic acids is 1. The lowest BCUT2D eigenvalue weighted by Gasteiger charge is -2.38. The van der Waals surface area contributed by atoms with E-state index >= 15 is 0 Å². The SMILES string of the molecule is CC1(C(N)=S)CCN(CC(=O)NCC(F)(F)F)CC1. The Morgan fingerprint density at radius 2 is 1.95 bits per heavy atom. The van der Waals surface area contributed by atoms with Gasteiger partial charge in [0, 0.05) is 5.41 Å². The summed E-state index contributed by atoms with van der Waals surface area (Å²) in [6, 6.07) is 0. The first-order chi connectivity index (χ1) is 8.62. The molecule has 19 heavy (non-hydrogen) atoms. The third-order valence-electron chi connectivity index (χ3n) is 3.41. The van der Waals surface area contributed by atoms with Gasteiger partial charge in [0.25, 0.3) is 0 Å². The summed E-state index contributed by atoms with van der Waals surface area (Å²) >= 11 is 4.99. The second-order valence-electron chi connectivity index (χ2n) is 5.09. The maximum atomic E-state index is 11.9. The number of rotatable bonds is 4. The van der Waals surface area contributed by atoms with Gasteiger partial charge in [0.2, 0.25) is 5.91 Å². The molecule has 0 spiro atoms. The van der Waals surface area contributed by atoms with Crippen molar-refractivity contribution in [1.82, 2.24) is 10.2 Å². The number of nitrogens with two attached hydrogens (primary N) is 1. The summed E-state index contributed by atoms with van der Waals surface area (Å²) in [7, 11) is 0. The fraction of sp³-hybridized carbons (Fsp3) is 0.818. The van der Waals surface area contributed by atoms with E-state index in [0.717, 1.165) is 12.8 Å². The Morgan fingerprint density at radius 3 is 2.37 bits per heavy atom. The Hall–Kier alpha value is -0.890. The van der Waals surface area contributed by atoms with Gasteiger partial charge in [-0.05, 0) is 25.9 Å². The maximum absolute atomic E-state index is 11.9. The molecule has 0 saturated carbocycles. The van der Waals surface area contributed by atoms with Crippen LogP contribution in [0.4, 0.5) is 13.2 Å². The first-order valence-corrected chi connectivity index (χ1v) is 6.39. The van der Waals surface area contributed by atoms with Gasteiger partial charge in [-0.3, -0.25) is 9.69 Å². The molecule has 0 aromatic heterocycles. The minimum atomic E-state index is -4.37. The number of hydrogen-bond acceptors (Lipinski definition) is 3. The number of nitrogens with one attached hydrogen (secondary N) is 1. The van der Waals surface area contributed by atoms with Gasteiger partial charge < -0.3 is 11.1 Å². The Balaban J connectivity index is 2.33. The second kappa shape index (κ2) is 6.04. The molecule has 3 N–H and O–H groups in total. The molecule has 8 heteroatoms. The highest BCUT2D eigenvalue weighted by Crippen LogP contribution is 2.30. The second-order valence-corrected chi connectivity index (χ2v) is 5.53. The van der Waals surface area contributed by atoms with Crippen LogP contribution in [0.1, 0.15) is 19.8 Å². The molecule has 110 valence electrons. The molecule has 0 radical (unpaired) electrons. The van der Waals surface area contributed by atoms with Crippen LogP contribution in [0.2, 0.25) is 0 Å². The average molecular weight is 297 g/mol. The van der Waals surface area contributed by atoms with E-state index in [2.05, 4.69) is 0 Å². The molecule has 1 fully saturated rings. The number of thiocarbonyl (C=S) groups is 1. The molecule has 4 nitrogen and oxygen atoms in total. The van der Waals surface area contributed by atoms with Gasteiger partial charge >= 0.3 is 6.18 Å². The predicted molar refractivity (Wildman–Crippen MR) is 69.6 cm³/mol. The Kier molecular flexibility index (Phi) is 5.14. The Bertz CT molecular complexity index is 352. The smallest absolute Gasteiger partial charge is 0.393 e. The molecule has 0 atom stereocenters. The van der Waals surface area contributed by atoms with E-state index in [1.54, 1.807) is 0 Å². The van der Waals surface area contributed by atoms with Crippen molar-refractivity contribution in [2.75, 3.05) is 26.2 Å². The van der Waals surface area contributed by atoms with E-state index in [-0.39, 0.29) is 12.0 Å². The van der Waals surface area contributed by atoms with Crippen LogP contribution in [0.15, 0.2) is 0 Å². The van der Waals surface area contributed by atoms with E-state index in [9.17, 15) is 18.0 Å². The van der Waals surface area contributed by atoms with Crippen LogP contribution in [0.25, 0.3) is 0 Å². The van der Waals surface area contributed by atoms with Crippen molar-refractivity contribution in [2.24, 2.45) is 11.1 Å². The number of likely N-dealkylation sites (tertiary alicyclic amines) is 1. The zero-order chi connectivity index (χ0) is 14.7. The molecule has 0 bridgehead atoms. The van der Waals surface area contributed by atoms with Crippen molar-refractivity contribution in [3.05, 3.63) is 0 Å². The number of halogens is 3. The fourth-order valence-electron chi connectivity index (χ4n) is 1.91. The van der Waals surface area contributed by atoms with Crippen molar-refractivity contribution in [1.29, 1.82) is 0 Å². The number of hydrogen-bond donors (Lipinski definition) is 2. The number of alkyl halides is 3. The molecule has 0 aliphatic carbocycles. The Labute approximate surface area is 115 Å². The van der Waals surface area contributed by atoms with E-state index in [1.165, 1.54) is 0 Å². The van der Waals surface area contributed by atoms with E-state index in [0.29, 0.717) is 18.1 Å². The van der Waals surface area contributed by atoms with E-state index < -0.39 is 18.6 Å². The lowest BCUT2D eigenvalue weighted by Crippen LogP contribution is -2.48. The van der Waals surface area contributed by atoms with Gasteiger partial charge in [-0.25, -0.2) is 0 Å². The van der Waals surface area contributed by atoms with Crippen molar-refractivity contribution in [2.45, 2.75) is 25.9 Å². The molecular weight excluding hydrogens is 279 g/mol. The summed E-state index contributed by atoms with van der Waals surface area (Å²) in [4.78, 5) is 13.6. The highest BCUT2D eigenvalue weighted by molar-refractivity contribution is 7.80. The van der Waals surface area contributed by atoms with E-state index in [4.69, 9.17) is 18.0 Å². The topological polar surface area (TPSA) is 58.4 Å². The van der Waals surface area contributed by atoms with Gasteiger partial charge in [0.1, 0.15) is 6.54 Å². The number of piperidine rings is 1. The molecule has 1 saturated heterocycles. The van der Waals surface area contributed by atoms with Crippen molar-refractivity contribution >= 4 is 23.1 Å². The van der Waals surface area contributed by atoms with Crippen molar-refractivity contribution in [3.63, 3.8) is 0 Å². The van der Waals surface area contributed by atoms with Crippen LogP contribution in [0.5, 0.6) is 0 Å². The van der Waals surface area contributed by atoms with Gasteiger partial charge in [-0.1, -0.05) is 19.1 Å². The molecule has 1 heterocycles. The summed E-state index contributed by atoms with van der Waals surface area (Å²) in [5.41, 5.74) is 5.44. The largest absolute Gasteiger partial charge is 0.405 e. The first-order valence-electron chi connectivity index (χ1n) is 5.98. The van der Waals surface area contributed by atoms with Gasteiger partial charge in [0.15, 0.2) is 0 Å².